The van der Waals surface area contributed by atoms with Crippen LogP contribution in [-0.2, 0) is 0 Å². The Morgan fingerprint density at radius 3 is 1.56 bits per heavy atom. The SMILES string of the molecule is BrC(Br)=Cc1cc(C=C(Br)Br)cc2cccc-2c1. The molecule has 0 aromatic rings. The average molecular weight is 496 g/mol. The van der Waals surface area contributed by atoms with Crippen molar-refractivity contribution in [1.29, 1.82) is 0 Å². The van der Waals surface area contributed by atoms with Gasteiger partial charge < -0.3 is 0 Å². The van der Waals surface area contributed by atoms with Gasteiger partial charge in [0.25, 0.3) is 0 Å². The quantitative estimate of drug-likeness (QED) is 0.422. The van der Waals surface area contributed by atoms with Gasteiger partial charge >= 0.3 is 0 Å². The zero-order valence-electron chi connectivity index (χ0n) is 9.13. The first-order valence-electron chi connectivity index (χ1n) is 5.14. The third-order valence-corrected chi connectivity index (χ3v) is 3.33. The topological polar surface area (TPSA) is 0 Å². The van der Waals surface area contributed by atoms with Gasteiger partial charge in [-0.3, -0.25) is 0 Å². The maximum absolute atomic E-state index is 3.40. The zero-order chi connectivity index (χ0) is 13.1. The lowest BCUT2D eigenvalue weighted by molar-refractivity contribution is 1.74. The minimum absolute atomic E-state index is 0.925. The molecule has 0 unspecified atom stereocenters. The Morgan fingerprint density at radius 2 is 1.17 bits per heavy atom. The monoisotopic (exact) mass is 492 g/mol. The van der Waals surface area contributed by atoms with E-state index in [1.807, 2.05) is 12.2 Å². The lowest BCUT2D eigenvalue weighted by Gasteiger charge is -1.91. The molecular formula is C14H8Br4. The van der Waals surface area contributed by atoms with Gasteiger partial charge in [-0.05, 0) is 116 Å². The number of hydrogen-bond acceptors (Lipinski definition) is 0. The molecule has 0 nitrogen and oxygen atoms in total. The third-order valence-electron chi connectivity index (χ3n) is 2.41. The summed E-state index contributed by atoms with van der Waals surface area (Å²) < 4.78 is 1.85. The highest BCUT2D eigenvalue weighted by Gasteiger charge is 2.03. The molecule has 0 heterocycles. The highest BCUT2D eigenvalue weighted by molar-refractivity contribution is 9.28. The first kappa shape index (κ1) is 14.5. The molecule has 0 spiro atoms. The van der Waals surface area contributed by atoms with Crippen LogP contribution in [0.25, 0.3) is 23.3 Å². The molecule has 0 radical (unpaired) electrons. The summed E-state index contributed by atoms with van der Waals surface area (Å²) in [6.45, 7) is 0. The molecule has 0 amide bonds. The fourth-order valence-corrected chi connectivity index (χ4v) is 2.82. The van der Waals surface area contributed by atoms with Gasteiger partial charge in [0.15, 0.2) is 0 Å². The summed E-state index contributed by atoms with van der Waals surface area (Å²) in [6, 6.07) is 12.8. The molecule has 0 aliphatic heterocycles. The molecule has 2 rings (SSSR count). The molecule has 0 N–H and O–H groups in total. The molecule has 0 aromatic heterocycles. The molecule has 2 aliphatic rings. The van der Waals surface area contributed by atoms with Crippen LogP contribution in [0.15, 0.2) is 43.2 Å². The van der Waals surface area contributed by atoms with Crippen LogP contribution in [-0.4, -0.2) is 0 Å². The minimum Gasteiger partial charge on any atom is -0.0610 e. The van der Waals surface area contributed by atoms with Gasteiger partial charge in [0.2, 0.25) is 0 Å². The van der Waals surface area contributed by atoms with E-state index in [9.17, 15) is 0 Å². The molecular weight excluding hydrogens is 488 g/mol. The van der Waals surface area contributed by atoms with E-state index in [-0.39, 0.29) is 0 Å². The predicted molar refractivity (Wildman–Crippen MR) is 94.7 cm³/mol. The summed E-state index contributed by atoms with van der Waals surface area (Å²) in [5.74, 6) is 0. The molecule has 92 valence electrons. The second kappa shape index (κ2) is 6.51. The highest BCUT2D eigenvalue weighted by atomic mass is 79.9. The van der Waals surface area contributed by atoms with E-state index >= 15 is 0 Å². The maximum Gasteiger partial charge on any atom is 0.0610 e. The van der Waals surface area contributed by atoms with Crippen molar-refractivity contribution in [3.05, 3.63) is 54.3 Å². The van der Waals surface area contributed by atoms with E-state index in [2.05, 4.69) is 100 Å². The first-order valence-corrected chi connectivity index (χ1v) is 8.31. The maximum atomic E-state index is 3.40. The molecule has 0 bridgehead atoms. The standard InChI is InChI=1S/C14H8Br4/c15-13(16)7-9-4-10(8-14(17)18)6-12-3-1-2-11(12)5-9/h1-8H. The Labute approximate surface area is 140 Å². The van der Waals surface area contributed by atoms with Crippen molar-refractivity contribution in [2.24, 2.45) is 0 Å². The van der Waals surface area contributed by atoms with E-state index in [1.54, 1.807) is 0 Å². The van der Waals surface area contributed by atoms with Crippen molar-refractivity contribution < 1.29 is 0 Å². The number of halogens is 4. The van der Waals surface area contributed by atoms with Crippen LogP contribution >= 0.6 is 63.7 Å². The van der Waals surface area contributed by atoms with E-state index < -0.39 is 0 Å². The molecule has 18 heavy (non-hydrogen) atoms. The lowest BCUT2D eigenvalue weighted by atomic mass is 10.1. The zero-order valence-corrected chi connectivity index (χ0v) is 15.5. The van der Waals surface area contributed by atoms with E-state index in [4.69, 9.17) is 0 Å². The summed E-state index contributed by atoms with van der Waals surface area (Å²) in [5.41, 5.74) is 4.72. The Bertz CT molecular complexity index is 541. The van der Waals surface area contributed by atoms with Crippen molar-refractivity contribution in [2.45, 2.75) is 0 Å². The van der Waals surface area contributed by atoms with Gasteiger partial charge in [-0.1, -0.05) is 18.2 Å². The summed E-state index contributed by atoms with van der Waals surface area (Å²) in [7, 11) is 0. The molecule has 0 atom stereocenters. The second-order valence-electron chi connectivity index (χ2n) is 3.74. The number of hydrogen-bond donors (Lipinski definition) is 0. The fraction of sp³-hybridized carbons (Fsp3) is 0. The van der Waals surface area contributed by atoms with Crippen LogP contribution in [0.2, 0.25) is 0 Å². The molecule has 4 heteroatoms. The van der Waals surface area contributed by atoms with E-state index in [0.29, 0.717) is 0 Å². The van der Waals surface area contributed by atoms with Gasteiger partial charge in [-0.25, -0.2) is 0 Å². The molecule has 0 saturated carbocycles. The fourth-order valence-electron chi connectivity index (χ4n) is 1.76. The van der Waals surface area contributed by atoms with Crippen molar-refractivity contribution in [1.82, 2.24) is 0 Å². The number of rotatable bonds is 2. The molecule has 0 aromatic carbocycles. The van der Waals surface area contributed by atoms with Crippen LogP contribution in [0.5, 0.6) is 0 Å². The van der Waals surface area contributed by atoms with Crippen LogP contribution in [0.4, 0.5) is 0 Å². The molecule has 0 fully saturated rings. The van der Waals surface area contributed by atoms with Crippen molar-refractivity contribution in [3.8, 4) is 11.1 Å². The van der Waals surface area contributed by atoms with E-state index in [1.165, 1.54) is 11.1 Å². The molecule has 2 aliphatic carbocycles. The summed E-state index contributed by atoms with van der Waals surface area (Å²) in [5, 5.41) is 0. The highest BCUT2D eigenvalue weighted by Crippen LogP contribution is 2.28. The van der Waals surface area contributed by atoms with Crippen LogP contribution in [0.3, 0.4) is 0 Å². The van der Waals surface area contributed by atoms with Crippen LogP contribution in [0, 0.1) is 0 Å². The largest absolute Gasteiger partial charge is 0.0610 e. The summed E-state index contributed by atoms with van der Waals surface area (Å²) in [4.78, 5) is 0. The molecule has 0 saturated heterocycles. The van der Waals surface area contributed by atoms with Crippen LogP contribution < -0.4 is 0 Å². The van der Waals surface area contributed by atoms with Gasteiger partial charge in [0.05, 0.1) is 6.78 Å². The van der Waals surface area contributed by atoms with Crippen molar-refractivity contribution in [3.63, 3.8) is 0 Å². The Morgan fingerprint density at radius 1 is 0.722 bits per heavy atom. The normalized spacial score (nSPS) is 10.2. The van der Waals surface area contributed by atoms with Gasteiger partial charge in [-0.2, -0.15) is 0 Å². The second-order valence-corrected chi connectivity index (χ2v) is 9.28. The summed E-state index contributed by atoms with van der Waals surface area (Å²) in [6.07, 6.45) is 4.07. The predicted octanol–water partition coefficient (Wildman–Crippen LogP) is 6.97. The average Bonchev–Trinajstić information content (AvgIpc) is 2.57. The van der Waals surface area contributed by atoms with Gasteiger partial charge in [0, 0.05) is 0 Å². The number of fused-ring (bicyclic) bond motifs is 1. The first-order chi connectivity index (χ1) is 8.54. The van der Waals surface area contributed by atoms with Gasteiger partial charge in [-0.15, -0.1) is 0 Å². The Kier molecular flexibility index (Phi) is 5.24. The smallest absolute Gasteiger partial charge is 0.0610 e. The Balaban J connectivity index is 2.64. The third kappa shape index (κ3) is 4.05. The Hall–Kier alpha value is 0.1000. The lowest BCUT2D eigenvalue weighted by Crippen LogP contribution is -1.69. The van der Waals surface area contributed by atoms with Gasteiger partial charge in [0.1, 0.15) is 0 Å². The van der Waals surface area contributed by atoms with Crippen LogP contribution in [0.1, 0.15) is 11.1 Å². The van der Waals surface area contributed by atoms with Crippen molar-refractivity contribution >= 4 is 75.9 Å². The van der Waals surface area contributed by atoms with Crippen molar-refractivity contribution in [2.75, 3.05) is 0 Å². The minimum atomic E-state index is 0.925. The van der Waals surface area contributed by atoms with E-state index in [0.717, 1.165) is 17.9 Å². The summed E-state index contributed by atoms with van der Waals surface area (Å²) >= 11 is 13.6.